The molecule has 0 saturated carbocycles. The molecule has 0 aliphatic heterocycles. The van der Waals surface area contributed by atoms with Gasteiger partial charge in [-0.2, -0.15) is 0 Å². The molecular weight excluding hydrogens is 210 g/mol. The molecule has 0 aliphatic carbocycles. The zero-order valence-corrected chi connectivity index (χ0v) is 11.9. The predicted octanol–water partition coefficient (Wildman–Crippen LogP) is 2.93. The van der Waals surface area contributed by atoms with Gasteiger partial charge in [-0.25, -0.2) is 4.98 Å². The molecule has 2 unspecified atom stereocenters. The summed E-state index contributed by atoms with van der Waals surface area (Å²) in [6, 6.07) is 0.477. The van der Waals surface area contributed by atoms with Crippen LogP contribution in [-0.2, 0) is 6.54 Å². The van der Waals surface area contributed by atoms with Crippen molar-refractivity contribution in [3.8, 4) is 0 Å². The number of nitrogens with zero attached hydrogens (tertiary/aromatic N) is 2. The Kier molecular flexibility index (Phi) is 5.19. The molecular formula is C14H27N3. The SMILES string of the molecule is CCC(C)CNC(Cn1ccnc1)C(C)(C)C. The number of rotatable bonds is 6. The Labute approximate surface area is 106 Å². The lowest BCUT2D eigenvalue weighted by Gasteiger charge is -2.33. The average molecular weight is 237 g/mol. The van der Waals surface area contributed by atoms with Gasteiger partial charge >= 0.3 is 0 Å². The van der Waals surface area contributed by atoms with E-state index in [1.807, 2.05) is 18.7 Å². The van der Waals surface area contributed by atoms with E-state index in [0.29, 0.717) is 6.04 Å². The Morgan fingerprint density at radius 2 is 2.06 bits per heavy atom. The molecule has 98 valence electrons. The highest BCUT2D eigenvalue weighted by atomic mass is 15.1. The van der Waals surface area contributed by atoms with E-state index >= 15 is 0 Å². The van der Waals surface area contributed by atoms with Crippen molar-refractivity contribution >= 4 is 0 Å². The first kappa shape index (κ1) is 14.2. The zero-order chi connectivity index (χ0) is 12.9. The van der Waals surface area contributed by atoms with Crippen LogP contribution < -0.4 is 5.32 Å². The van der Waals surface area contributed by atoms with E-state index in [-0.39, 0.29) is 5.41 Å². The highest BCUT2D eigenvalue weighted by Crippen LogP contribution is 2.21. The molecule has 0 spiro atoms. The van der Waals surface area contributed by atoms with Crippen molar-refractivity contribution in [1.82, 2.24) is 14.9 Å². The lowest BCUT2D eigenvalue weighted by Crippen LogP contribution is -2.44. The second-order valence-electron chi connectivity index (χ2n) is 6.10. The molecule has 3 nitrogen and oxygen atoms in total. The molecule has 0 radical (unpaired) electrons. The molecule has 0 amide bonds. The van der Waals surface area contributed by atoms with Crippen LogP contribution in [0.4, 0.5) is 0 Å². The topological polar surface area (TPSA) is 29.9 Å². The average Bonchev–Trinajstić information content (AvgIpc) is 2.74. The molecule has 0 fully saturated rings. The number of hydrogen-bond acceptors (Lipinski definition) is 2. The third kappa shape index (κ3) is 4.90. The van der Waals surface area contributed by atoms with Crippen molar-refractivity contribution in [3.63, 3.8) is 0 Å². The van der Waals surface area contributed by atoms with Crippen LogP contribution in [0.5, 0.6) is 0 Å². The molecule has 0 aromatic carbocycles. The molecule has 3 heteroatoms. The summed E-state index contributed by atoms with van der Waals surface area (Å²) in [7, 11) is 0. The highest BCUT2D eigenvalue weighted by molar-refractivity contribution is 4.84. The van der Waals surface area contributed by atoms with Crippen molar-refractivity contribution in [2.75, 3.05) is 6.54 Å². The Bertz CT molecular complexity index is 298. The van der Waals surface area contributed by atoms with Gasteiger partial charge in [-0.3, -0.25) is 0 Å². The minimum atomic E-state index is 0.262. The number of aromatic nitrogens is 2. The Morgan fingerprint density at radius 3 is 2.53 bits per heavy atom. The van der Waals surface area contributed by atoms with Crippen LogP contribution in [0.2, 0.25) is 0 Å². The lowest BCUT2D eigenvalue weighted by atomic mass is 9.86. The first-order chi connectivity index (χ1) is 7.93. The van der Waals surface area contributed by atoms with Gasteiger partial charge in [0.2, 0.25) is 0 Å². The maximum absolute atomic E-state index is 4.10. The Balaban J connectivity index is 2.55. The van der Waals surface area contributed by atoms with E-state index in [0.717, 1.165) is 19.0 Å². The van der Waals surface area contributed by atoms with Gasteiger partial charge in [0.15, 0.2) is 0 Å². The van der Waals surface area contributed by atoms with Crippen LogP contribution in [0.3, 0.4) is 0 Å². The fourth-order valence-electron chi connectivity index (χ4n) is 1.74. The minimum Gasteiger partial charge on any atom is -0.336 e. The lowest BCUT2D eigenvalue weighted by molar-refractivity contribution is 0.232. The maximum atomic E-state index is 4.10. The smallest absolute Gasteiger partial charge is 0.0946 e. The van der Waals surface area contributed by atoms with Gasteiger partial charge in [-0.15, -0.1) is 0 Å². The van der Waals surface area contributed by atoms with Crippen molar-refractivity contribution in [2.45, 2.75) is 53.6 Å². The maximum Gasteiger partial charge on any atom is 0.0946 e. The first-order valence-electron chi connectivity index (χ1n) is 6.62. The predicted molar refractivity (Wildman–Crippen MR) is 72.9 cm³/mol. The molecule has 0 bridgehead atoms. The van der Waals surface area contributed by atoms with Crippen molar-refractivity contribution < 1.29 is 0 Å². The third-order valence-electron chi connectivity index (χ3n) is 3.41. The molecule has 1 heterocycles. The van der Waals surface area contributed by atoms with Crippen LogP contribution in [-0.4, -0.2) is 22.1 Å². The van der Waals surface area contributed by atoms with Crippen LogP contribution >= 0.6 is 0 Å². The van der Waals surface area contributed by atoms with Crippen molar-refractivity contribution in [2.24, 2.45) is 11.3 Å². The standard InChI is InChI=1S/C14H27N3/c1-6-12(2)9-16-13(14(3,4)5)10-17-8-7-15-11-17/h7-8,11-13,16H,6,9-10H2,1-5H3. The summed E-state index contributed by atoms with van der Waals surface area (Å²) in [5.41, 5.74) is 0.262. The summed E-state index contributed by atoms with van der Waals surface area (Å²) >= 11 is 0. The number of imidazole rings is 1. The molecule has 0 saturated heterocycles. The van der Waals surface area contributed by atoms with Crippen LogP contribution in [0.1, 0.15) is 41.0 Å². The summed E-state index contributed by atoms with van der Waals surface area (Å²) < 4.78 is 2.15. The summed E-state index contributed by atoms with van der Waals surface area (Å²) in [5, 5.41) is 3.70. The van der Waals surface area contributed by atoms with E-state index in [2.05, 4.69) is 49.5 Å². The quantitative estimate of drug-likeness (QED) is 0.824. The Hall–Kier alpha value is -0.830. The second kappa shape index (κ2) is 6.20. The van der Waals surface area contributed by atoms with E-state index in [4.69, 9.17) is 0 Å². The summed E-state index contributed by atoms with van der Waals surface area (Å²) in [4.78, 5) is 4.10. The van der Waals surface area contributed by atoms with E-state index < -0.39 is 0 Å². The van der Waals surface area contributed by atoms with Gasteiger partial charge in [-0.05, 0) is 17.9 Å². The molecule has 0 aliphatic rings. The number of hydrogen-bond donors (Lipinski definition) is 1. The summed E-state index contributed by atoms with van der Waals surface area (Å²) in [6.45, 7) is 13.5. The van der Waals surface area contributed by atoms with Crippen LogP contribution in [0, 0.1) is 11.3 Å². The molecule has 17 heavy (non-hydrogen) atoms. The highest BCUT2D eigenvalue weighted by Gasteiger charge is 2.24. The van der Waals surface area contributed by atoms with Gasteiger partial charge in [-0.1, -0.05) is 41.0 Å². The van der Waals surface area contributed by atoms with E-state index in [1.165, 1.54) is 6.42 Å². The van der Waals surface area contributed by atoms with Gasteiger partial charge in [0, 0.05) is 25.0 Å². The fourth-order valence-corrected chi connectivity index (χ4v) is 1.74. The van der Waals surface area contributed by atoms with Gasteiger partial charge in [0.1, 0.15) is 0 Å². The number of nitrogens with one attached hydrogen (secondary N) is 1. The normalized spacial score (nSPS) is 15.8. The molecule has 1 N–H and O–H groups in total. The van der Waals surface area contributed by atoms with Crippen LogP contribution in [0.15, 0.2) is 18.7 Å². The minimum absolute atomic E-state index is 0.262. The monoisotopic (exact) mass is 237 g/mol. The van der Waals surface area contributed by atoms with Crippen molar-refractivity contribution in [1.29, 1.82) is 0 Å². The molecule has 1 aromatic heterocycles. The zero-order valence-electron chi connectivity index (χ0n) is 11.9. The molecule has 1 aromatic rings. The molecule has 1 rings (SSSR count). The van der Waals surface area contributed by atoms with Gasteiger partial charge in [0.25, 0.3) is 0 Å². The van der Waals surface area contributed by atoms with Crippen molar-refractivity contribution in [3.05, 3.63) is 18.7 Å². The third-order valence-corrected chi connectivity index (χ3v) is 3.41. The van der Waals surface area contributed by atoms with E-state index in [1.54, 1.807) is 0 Å². The van der Waals surface area contributed by atoms with E-state index in [9.17, 15) is 0 Å². The van der Waals surface area contributed by atoms with Gasteiger partial charge < -0.3 is 9.88 Å². The summed E-state index contributed by atoms with van der Waals surface area (Å²) in [5.74, 6) is 0.739. The van der Waals surface area contributed by atoms with Crippen LogP contribution in [0.25, 0.3) is 0 Å². The summed E-state index contributed by atoms with van der Waals surface area (Å²) in [6.07, 6.45) is 7.00. The first-order valence-corrected chi connectivity index (χ1v) is 6.62. The Morgan fingerprint density at radius 1 is 1.35 bits per heavy atom. The molecule has 2 atom stereocenters. The second-order valence-corrected chi connectivity index (χ2v) is 6.10. The largest absolute Gasteiger partial charge is 0.336 e. The van der Waals surface area contributed by atoms with Gasteiger partial charge in [0.05, 0.1) is 6.33 Å². The fraction of sp³-hybridized carbons (Fsp3) is 0.786.